The summed E-state index contributed by atoms with van der Waals surface area (Å²) in [6.07, 6.45) is 0. The summed E-state index contributed by atoms with van der Waals surface area (Å²) in [7, 11) is 1.68. The van der Waals surface area contributed by atoms with Gasteiger partial charge in [0.25, 0.3) is 0 Å². The molecular weight excluding hydrogens is 437 g/mol. The molecule has 1 aliphatic heterocycles. The summed E-state index contributed by atoms with van der Waals surface area (Å²) in [5.41, 5.74) is 3.18. The first-order chi connectivity index (χ1) is 15.0. The van der Waals surface area contributed by atoms with Crippen LogP contribution in [0.5, 0.6) is 5.75 Å². The number of methoxy groups -OCH3 is 1. The van der Waals surface area contributed by atoms with Crippen LogP contribution in [-0.4, -0.2) is 55.7 Å². The zero-order valence-corrected chi connectivity index (χ0v) is 19.1. The number of H-pyrrole nitrogens is 1. The van der Waals surface area contributed by atoms with Gasteiger partial charge in [0.05, 0.1) is 18.7 Å². The molecule has 0 aliphatic carbocycles. The predicted octanol–water partition coefficient (Wildman–Crippen LogP) is 4.98. The van der Waals surface area contributed by atoms with Gasteiger partial charge in [0, 0.05) is 66.0 Å². The Morgan fingerprint density at radius 1 is 1.13 bits per heavy atom. The van der Waals surface area contributed by atoms with E-state index in [0.717, 1.165) is 54.1 Å². The van der Waals surface area contributed by atoms with E-state index >= 15 is 0 Å². The fourth-order valence-corrected chi connectivity index (χ4v) is 4.65. The first kappa shape index (κ1) is 21.8. The zero-order valence-electron chi connectivity index (χ0n) is 17.6. The summed E-state index contributed by atoms with van der Waals surface area (Å²) in [4.78, 5) is 20.4. The number of benzene rings is 2. The maximum Gasteiger partial charge on any atom is 0.355 e. The lowest BCUT2D eigenvalue weighted by molar-refractivity contribution is 0.0518. The highest BCUT2D eigenvalue weighted by Crippen LogP contribution is 2.34. The third-order valence-corrected chi connectivity index (χ3v) is 6.09. The number of carbonyl (C=O) groups excluding carboxylic acids is 1. The van der Waals surface area contributed by atoms with Crippen LogP contribution in [0, 0.1) is 0 Å². The zero-order chi connectivity index (χ0) is 22.0. The number of hydrogen-bond donors (Lipinski definition) is 1. The highest BCUT2D eigenvalue weighted by atomic mass is 35.5. The fourth-order valence-electron chi connectivity index (χ4n) is 4.04. The standard InChI is InChI=1S/C23H25Cl2N3O3/c1-3-31-23(29)22-18(21-19(25)11-15(24)12-20(21)26-22)14-27-7-9-28(10-8-27)16-5-4-6-17(13-16)30-2/h4-6,11-13,26H,3,7-10,14H2,1-2H3. The second-order valence-corrected chi connectivity index (χ2v) is 8.32. The van der Waals surface area contributed by atoms with Gasteiger partial charge in [-0.1, -0.05) is 29.3 Å². The van der Waals surface area contributed by atoms with E-state index in [9.17, 15) is 4.79 Å². The van der Waals surface area contributed by atoms with Crippen molar-refractivity contribution in [3.8, 4) is 5.75 Å². The summed E-state index contributed by atoms with van der Waals surface area (Å²) >= 11 is 12.7. The van der Waals surface area contributed by atoms with Gasteiger partial charge in [-0.2, -0.15) is 0 Å². The van der Waals surface area contributed by atoms with Gasteiger partial charge in [-0.15, -0.1) is 0 Å². The molecule has 1 fully saturated rings. The SMILES string of the molecule is CCOC(=O)c1[nH]c2cc(Cl)cc(Cl)c2c1CN1CCN(c2cccc(OC)c2)CC1. The number of ether oxygens (including phenoxy) is 2. The topological polar surface area (TPSA) is 57.8 Å². The first-order valence-electron chi connectivity index (χ1n) is 10.3. The van der Waals surface area contributed by atoms with Gasteiger partial charge in [0.2, 0.25) is 0 Å². The monoisotopic (exact) mass is 461 g/mol. The molecule has 0 spiro atoms. The maximum atomic E-state index is 12.6. The number of aromatic nitrogens is 1. The lowest BCUT2D eigenvalue weighted by atomic mass is 10.1. The average molecular weight is 462 g/mol. The smallest absolute Gasteiger partial charge is 0.355 e. The molecule has 8 heteroatoms. The van der Waals surface area contributed by atoms with Crippen LogP contribution in [0.2, 0.25) is 10.0 Å². The lowest BCUT2D eigenvalue weighted by Gasteiger charge is -2.36. The van der Waals surface area contributed by atoms with Crippen molar-refractivity contribution in [3.05, 3.63) is 57.7 Å². The van der Waals surface area contributed by atoms with Crippen molar-refractivity contribution in [1.82, 2.24) is 9.88 Å². The Labute approximate surface area is 191 Å². The maximum absolute atomic E-state index is 12.6. The minimum Gasteiger partial charge on any atom is -0.497 e. The number of fused-ring (bicyclic) bond motifs is 1. The molecule has 1 saturated heterocycles. The van der Waals surface area contributed by atoms with Crippen LogP contribution in [0.3, 0.4) is 0 Å². The molecule has 0 amide bonds. The largest absolute Gasteiger partial charge is 0.497 e. The summed E-state index contributed by atoms with van der Waals surface area (Å²) < 4.78 is 10.6. The third kappa shape index (κ3) is 4.61. The second kappa shape index (κ2) is 9.39. The summed E-state index contributed by atoms with van der Waals surface area (Å²) in [6.45, 7) is 6.17. The third-order valence-electron chi connectivity index (χ3n) is 5.57. The Hall–Kier alpha value is -2.41. The van der Waals surface area contributed by atoms with Crippen LogP contribution < -0.4 is 9.64 Å². The Bertz CT molecular complexity index is 1090. The Balaban J connectivity index is 1.56. The van der Waals surface area contributed by atoms with Crippen molar-refractivity contribution in [2.75, 3.05) is 44.8 Å². The van der Waals surface area contributed by atoms with E-state index in [4.69, 9.17) is 32.7 Å². The minimum absolute atomic E-state index is 0.307. The summed E-state index contributed by atoms with van der Waals surface area (Å²) in [5, 5.41) is 1.87. The van der Waals surface area contributed by atoms with Crippen LogP contribution in [0.4, 0.5) is 5.69 Å². The molecule has 31 heavy (non-hydrogen) atoms. The number of hydrogen-bond acceptors (Lipinski definition) is 5. The molecule has 164 valence electrons. The highest BCUT2D eigenvalue weighted by molar-refractivity contribution is 6.39. The number of halogens is 2. The van der Waals surface area contributed by atoms with Gasteiger partial charge in [0.15, 0.2) is 0 Å². The normalized spacial score (nSPS) is 14.8. The second-order valence-electron chi connectivity index (χ2n) is 7.47. The fraction of sp³-hybridized carbons (Fsp3) is 0.348. The summed E-state index contributed by atoms with van der Waals surface area (Å²) in [5.74, 6) is 0.474. The molecule has 1 aromatic heterocycles. The van der Waals surface area contributed by atoms with E-state index < -0.39 is 0 Å². The van der Waals surface area contributed by atoms with Crippen LogP contribution in [0.15, 0.2) is 36.4 Å². The van der Waals surface area contributed by atoms with Crippen LogP contribution in [-0.2, 0) is 11.3 Å². The molecule has 1 N–H and O–H groups in total. The quantitative estimate of drug-likeness (QED) is 0.524. The molecule has 0 saturated carbocycles. The average Bonchev–Trinajstić information content (AvgIpc) is 3.13. The van der Waals surface area contributed by atoms with Crippen molar-refractivity contribution in [1.29, 1.82) is 0 Å². The Morgan fingerprint density at radius 3 is 2.61 bits per heavy atom. The van der Waals surface area contributed by atoms with Gasteiger partial charge in [-0.25, -0.2) is 4.79 Å². The number of anilines is 1. The Kier molecular flexibility index (Phi) is 6.60. The van der Waals surface area contributed by atoms with Gasteiger partial charge < -0.3 is 19.4 Å². The molecule has 0 bridgehead atoms. The molecule has 4 rings (SSSR count). The van der Waals surface area contributed by atoms with E-state index in [2.05, 4.69) is 26.9 Å². The molecule has 0 radical (unpaired) electrons. The number of piperazine rings is 1. The predicted molar refractivity (Wildman–Crippen MR) is 125 cm³/mol. The van der Waals surface area contributed by atoms with E-state index in [1.807, 2.05) is 12.1 Å². The van der Waals surface area contributed by atoms with E-state index in [1.54, 1.807) is 26.2 Å². The first-order valence-corrected chi connectivity index (χ1v) is 11.0. The van der Waals surface area contributed by atoms with Crippen molar-refractivity contribution >= 4 is 45.8 Å². The molecule has 6 nitrogen and oxygen atoms in total. The molecular formula is C23H25Cl2N3O3. The van der Waals surface area contributed by atoms with Gasteiger partial charge in [0.1, 0.15) is 11.4 Å². The van der Waals surface area contributed by atoms with Crippen LogP contribution >= 0.6 is 23.2 Å². The number of aromatic amines is 1. The van der Waals surface area contributed by atoms with Crippen molar-refractivity contribution in [2.24, 2.45) is 0 Å². The van der Waals surface area contributed by atoms with E-state index in [0.29, 0.717) is 28.9 Å². The molecule has 0 unspecified atom stereocenters. The number of carbonyl (C=O) groups is 1. The number of nitrogens with one attached hydrogen (secondary N) is 1. The summed E-state index contributed by atoms with van der Waals surface area (Å²) in [6, 6.07) is 11.6. The molecule has 2 heterocycles. The van der Waals surface area contributed by atoms with Gasteiger partial charge in [-0.05, 0) is 31.2 Å². The van der Waals surface area contributed by atoms with E-state index in [1.165, 1.54) is 0 Å². The molecule has 1 aliphatic rings. The van der Waals surface area contributed by atoms with Gasteiger partial charge in [-0.3, -0.25) is 4.90 Å². The van der Waals surface area contributed by atoms with Crippen LogP contribution in [0.1, 0.15) is 23.0 Å². The van der Waals surface area contributed by atoms with Crippen molar-refractivity contribution in [3.63, 3.8) is 0 Å². The van der Waals surface area contributed by atoms with E-state index in [-0.39, 0.29) is 5.97 Å². The van der Waals surface area contributed by atoms with Crippen LogP contribution in [0.25, 0.3) is 10.9 Å². The minimum atomic E-state index is -0.379. The lowest BCUT2D eigenvalue weighted by Crippen LogP contribution is -2.46. The van der Waals surface area contributed by atoms with Crippen molar-refractivity contribution < 1.29 is 14.3 Å². The molecule has 0 atom stereocenters. The number of esters is 1. The van der Waals surface area contributed by atoms with Gasteiger partial charge >= 0.3 is 5.97 Å². The highest BCUT2D eigenvalue weighted by Gasteiger charge is 2.25. The molecule has 3 aromatic rings. The molecule has 2 aromatic carbocycles. The number of nitrogens with zero attached hydrogens (tertiary/aromatic N) is 2. The number of rotatable bonds is 6. The Morgan fingerprint density at radius 2 is 1.90 bits per heavy atom. The van der Waals surface area contributed by atoms with Crippen molar-refractivity contribution in [2.45, 2.75) is 13.5 Å².